The Balaban J connectivity index is 1.33. The lowest BCUT2D eigenvalue weighted by Gasteiger charge is -2.32. The average Bonchev–Trinajstić information content (AvgIpc) is 3.98. The molecule has 1 N–H and O–H groups in total. The highest BCUT2D eigenvalue weighted by atomic mass is 15.3. The second-order valence-corrected chi connectivity index (χ2v) is 13.4. The van der Waals surface area contributed by atoms with E-state index < -0.39 is 0 Å². The van der Waals surface area contributed by atoms with E-state index in [9.17, 15) is 5.26 Å². The van der Waals surface area contributed by atoms with Crippen LogP contribution in [-0.2, 0) is 5.41 Å². The fourth-order valence-corrected chi connectivity index (χ4v) is 9.11. The molecule has 0 radical (unpaired) electrons. The Bertz CT molecular complexity index is 2400. The highest BCUT2D eigenvalue weighted by Crippen LogP contribution is 2.71. The van der Waals surface area contributed by atoms with E-state index in [1.807, 2.05) is 0 Å². The average molecular weight is 577 g/mol. The van der Waals surface area contributed by atoms with E-state index in [2.05, 4.69) is 143 Å². The number of para-hydroxylation sites is 3. The highest BCUT2D eigenvalue weighted by Gasteiger charge is 2.71. The minimum Gasteiger partial charge on any atom is -0.335 e. The van der Waals surface area contributed by atoms with Crippen LogP contribution in [-0.4, -0.2) is 17.2 Å². The number of anilines is 2. The van der Waals surface area contributed by atoms with E-state index >= 15 is 0 Å². The number of aromatic nitrogens is 1. The number of aryl methyl sites for hydroxylation is 1. The van der Waals surface area contributed by atoms with E-state index in [0.717, 1.165) is 40.0 Å². The van der Waals surface area contributed by atoms with Crippen LogP contribution in [0.25, 0.3) is 44.2 Å². The van der Waals surface area contributed by atoms with Gasteiger partial charge in [-0.3, -0.25) is 0 Å². The molecule has 2 fully saturated rings. The lowest BCUT2D eigenvalue weighted by molar-refractivity contribution is 0.830. The predicted octanol–water partition coefficient (Wildman–Crippen LogP) is 8.63. The minimum absolute atomic E-state index is 0.0317. The van der Waals surface area contributed by atoms with Gasteiger partial charge in [0.05, 0.1) is 34.0 Å². The zero-order valence-electron chi connectivity index (χ0n) is 24.8. The zero-order valence-corrected chi connectivity index (χ0v) is 24.8. The van der Waals surface area contributed by atoms with Crippen LogP contribution in [0.5, 0.6) is 0 Å². The highest BCUT2D eigenvalue weighted by molar-refractivity contribution is 6.10. The second-order valence-electron chi connectivity index (χ2n) is 13.4. The van der Waals surface area contributed by atoms with Crippen LogP contribution in [0.1, 0.15) is 33.9 Å². The Labute approximate surface area is 261 Å². The third-order valence-electron chi connectivity index (χ3n) is 11.0. The van der Waals surface area contributed by atoms with Gasteiger partial charge < -0.3 is 14.8 Å². The summed E-state index contributed by atoms with van der Waals surface area (Å²) in [6, 6.07) is 38.7. The molecule has 1 saturated heterocycles. The first-order valence-corrected chi connectivity index (χ1v) is 15.9. The molecular formula is C41H28N4. The predicted molar refractivity (Wildman–Crippen MR) is 181 cm³/mol. The van der Waals surface area contributed by atoms with Crippen molar-refractivity contribution in [3.05, 3.63) is 143 Å². The number of nitriles is 1. The largest absolute Gasteiger partial charge is 0.335 e. The lowest BCUT2D eigenvalue weighted by Crippen LogP contribution is -2.23. The van der Waals surface area contributed by atoms with Gasteiger partial charge in [0.1, 0.15) is 6.07 Å². The Morgan fingerprint density at radius 1 is 0.844 bits per heavy atom. The van der Waals surface area contributed by atoms with Gasteiger partial charge in [-0.2, -0.15) is 5.26 Å². The van der Waals surface area contributed by atoms with Crippen molar-refractivity contribution in [1.29, 1.82) is 5.26 Å². The van der Waals surface area contributed by atoms with Crippen LogP contribution >= 0.6 is 0 Å². The second kappa shape index (κ2) is 8.01. The van der Waals surface area contributed by atoms with Crippen molar-refractivity contribution in [1.82, 2.24) is 9.88 Å². The van der Waals surface area contributed by atoms with Gasteiger partial charge in [-0.25, -0.2) is 0 Å². The first-order valence-electron chi connectivity index (χ1n) is 15.9. The number of allylic oxidation sites excluding steroid dienone is 2. The van der Waals surface area contributed by atoms with E-state index in [4.69, 9.17) is 0 Å². The smallest absolute Gasteiger partial charge is 0.102 e. The van der Waals surface area contributed by atoms with Crippen molar-refractivity contribution < 1.29 is 0 Å². The molecule has 1 aromatic heterocycles. The monoisotopic (exact) mass is 576 g/mol. The molecule has 4 heteroatoms. The van der Waals surface area contributed by atoms with Gasteiger partial charge in [0.25, 0.3) is 0 Å². The van der Waals surface area contributed by atoms with Gasteiger partial charge in [0, 0.05) is 45.9 Å². The van der Waals surface area contributed by atoms with E-state index in [1.165, 1.54) is 50.0 Å². The minimum atomic E-state index is -0.0317. The summed E-state index contributed by atoms with van der Waals surface area (Å²) in [6.45, 7) is 3.11. The van der Waals surface area contributed by atoms with Crippen LogP contribution < -0.4 is 10.2 Å². The standard InChI is InChI=1S/C41H28N4/c1-23-16-25-18-26(17-23)38-30(21-42)37(44-34-11-5-2-8-27(34)28-9-3-6-12-35(28)44)20-29(33-22-43-33)39(38)45-36-13-7-4-10-31(36)41-15-14-24(25)19-32(41)40(41)45/h2-20,32-33,40,43H,22H2,1H3/t32?,33?,40?,41-/m0/s1. The molecule has 4 atom stereocenters. The van der Waals surface area contributed by atoms with Crippen molar-refractivity contribution in [3.8, 4) is 22.9 Å². The summed E-state index contributed by atoms with van der Waals surface area (Å²) in [5.74, 6) is 0.393. The van der Waals surface area contributed by atoms with Crippen molar-refractivity contribution in [2.45, 2.75) is 24.4 Å². The van der Waals surface area contributed by atoms with Crippen molar-refractivity contribution in [2.24, 2.45) is 5.92 Å². The normalized spacial score (nSPS) is 24.2. The van der Waals surface area contributed by atoms with Crippen LogP contribution in [0.15, 0.2) is 115 Å². The maximum absolute atomic E-state index is 11.3. The molecule has 3 aliphatic heterocycles. The molecule has 11 rings (SSSR count). The summed E-state index contributed by atoms with van der Waals surface area (Å²) in [7, 11) is 0. The third-order valence-corrected chi connectivity index (χ3v) is 11.0. The molecule has 1 spiro atoms. The summed E-state index contributed by atoms with van der Waals surface area (Å²) in [5, 5.41) is 17.4. The third kappa shape index (κ3) is 2.86. The Morgan fingerprint density at radius 3 is 2.31 bits per heavy atom. The Kier molecular flexibility index (Phi) is 4.27. The lowest BCUT2D eigenvalue weighted by atomic mass is 9.84. The van der Waals surface area contributed by atoms with Crippen LogP contribution in [0.2, 0.25) is 0 Å². The molecular weight excluding hydrogens is 548 g/mol. The topological polar surface area (TPSA) is 53.9 Å². The number of hydrogen-bond acceptors (Lipinski definition) is 3. The SMILES string of the molecule is Cc1cc2cc(c1)-c1c(C#N)c(-n3c4ccccc4c4ccccc43)cc(C3CN3)c1N1c3ccccc3[C@@]34C=CC2=CC3C14. The van der Waals surface area contributed by atoms with Crippen molar-refractivity contribution >= 4 is 38.8 Å². The van der Waals surface area contributed by atoms with Crippen LogP contribution in [0.4, 0.5) is 11.4 Å². The first-order chi connectivity index (χ1) is 22.2. The summed E-state index contributed by atoms with van der Waals surface area (Å²) in [5.41, 5.74) is 14.9. The maximum Gasteiger partial charge on any atom is 0.102 e. The van der Waals surface area contributed by atoms with E-state index in [-0.39, 0.29) is 17.5 Å². The molecule has 212 valence electrons. The van der Waals surface area contributed by atoms with E-state index in [0.29, 0.717) is 5.92 Å². The van der Waals surface area contributed by atoms with Crippen LogP contribution in [0.3, 0.4) is 0 Å². The van der Waals surface area contributed by atoms with Gasteiger partial charge in [-0.15, -0.1) is 0 Å². The quantitative estimate of drug-likeness (QED) is 0.210. The van der Waals surface area contributed by atoms with Gasteiger partial charge in [-0.1, -0.05) is 85.0 Å². The summed E-state index contributed by atoms with van der Waals surface area (Å²) in [6.07, 6.45) is 7.35. The number of nitrogens with one attached hydrogen (secondary N) is 1. The molecule has 3 unspecified atom stereocenters. The molecule has 5 aromatic carbocycles. The van der Waals surface area contributed by atoms with Gasteiger partial charge >= 0.3 is 0 Å². The molecule has 6 aromatic rings. The molecule has 4 bridgehead atoms. The number of fused-ring (bicyclic) bond motifs is 11. The molecule has 4 heterocycles. The Hall–Kier alpha value is -5.37. The summed E-state index contributed by atoms with van der Waals surface area (Å²) < 4.78 is 2.33. The van der Waals surface area contributed by atoms with Crippen LogP contribution in [0, 0.1) is 24.2 Å². The summed E-state index contributed by atoms with van der Waals surface area (Å²) >= 11 is 0. The maximum atomic E-state index is 11.3. The number of rotatable bonds is 2. The molecule has 45 heavy (non-hydrogen) atoms. The van der Waals surface area contributed by atoms with Gasteiger partial charge in [0.2, 0.25) is 0 Å². The van der Waals surface area contributed by atoms with Gasteiger partial charge in [0.15, 0.2) is 0 Å². The molecule has 5 aliphatic rings. The number of hydrogen-bond donors (Lipinski definition) is 1. The van der Waals surface area contributed by atoms with Gasteiger partial charge in [-0.05, 0) is 70.6 Å². The van der Waals surface area contributed by atoms with Crippen molar-refractivity contribution in [3.63, 3.8) is 0 Å². The molecule has 4 nitrogen and oxygen atoms in total. The number of nitrogens with zero attached hydrogens (tertiary/aromatic N) is 3. The molecule has 0 amide bonds. The summed E-state index contributed by atoms with van der Waals surface area (Å²) in [4.78, 5) is 2.62. The van der Waals surface area contributed by atoms with E-state index in [1.54, 1.807) is 0 Å². The first kappa shape index (κ1) is 24.0. The van der Waals surface area contributed by atoms with Crippen molar-refractivity contribution in [2.75, 3.05) is 11.4 Å². The Morgan fingerprint density at radius 2 is 1.56 bits per heavy atom. The fourth-order valence-electron chi connectivity index (χ4n) is 9.11. The number of benzene rings is 5. The molecule has 1 saturated carbocycles. The molecule has 2 aliphatic carbocycles. The zero-order chi connectivity index (χ0) is 29.6. The fraction of sp³-hybridized carbons (Fsp3) is 0.146.